The molecule has 0 aromatic rings. The second-order valence-electron chi connectivity index (χ2n) is 9.30. The molecule has 1 saturated heterocycles. The molecule has 0 bridgehead atoms. The SMILES string of the molecule is C=C1CC[C@H](CCC)[C@H]1C[C@H]1OC1CC(O)C(O)(C(=O)O)C1CCC(C)C1. The number of rotatable bonds is 9. The summed E-state index contributed by atoms with van der Waals surface area (Å²) >= 11 is 0. The number of hydrogen-bond donors (Lipinski definition) is 3. The van der Waals surface area contributed by atoms with Gasteiger partial charge in [0.05, 0.1) is 18.3 Å². The van der Waals surface area contributed by atoms with Gasteiger partial charge in [0.1, 0.15) is 0 Å². The van der Waals surface area contributed by atoms with Gasteiger partial charge in [-0.1, -0.05) is 45.3 Å². The van der Waals surface area contributed by atoms with Gasteiger partial charge in [-0.05, 0) is 49.9 Å². The monoisotopic (exact) mass is 380 g/mol. The van der Waals surface area contributed by atoms with E-state index < -0.39 is 17.7 Å². The van der Waals surface area contributed by atoms with Crippen molar-refractivity contribution in [3.63, 3.8) is 0 Å². The molecule has 1 aliphatic heterocycles. The molecule has 3 fully saturated rings. The predicted octanol–water partition coefficient (Wildman–Crippen LogP) is 3.53. The number of aliphatic hydroxyl groups is 2. The maximum Gasteiger partial charge on any atom is 0.338 e. The molecule has 8 atom stereocenters. The zero-order valence-corrected chi connectivity index (χ0v) is 16.8. The Labute approximate surface area is 162 Å². The Bertz CT molecular complexity index is 561. The maximum atomic E-state index is 11.8. The van der Waals surface area contributed by atoms with Crippen molar-refractivity contribution in [1.29, 1.82) is 0 Å². The van der Waals surface area contributed by atoms with E-state index >= 15 is 0 Å². The summed E-state index contributed by atoms with van der Waals surface area (Å²) < 4.78 is 5.78. The summed E-state index contributed by atoms with van der Waals surface area (Å²) in [6.45, 7) is 8.51. The molecule has 0 spiro atoms. The molecule has 154 valence electrons. The first kappa shape index (κ1) is 20.8. The van der Waals surface area contributed by atoms with Crippen molar-refractivity contribution < 1.29 is 24.9 Å². The number of allylic oxidation sites excluding steroid dienone is 1. The van der Waals surface area contributed by atoms with Crippen molar-refractivity contribution in [3.05, 3.63) is 12.2 Å². The summed E-state index contributed by atoms with van der Waals surface area (Å²) in [6.07, 6.45) is 6.59. The smallest absolute Gasteiger partial charge is 0.338 e. The first-order valence-electron chi connectivity index (χ1n) is 10.7. The number of aliphatic hydroxyl groups excluding tert-OH is 1. The summed E-state index contributed by atoms with van der Waals surface area (Å²) in [5.74, 6) is -0.152. The summed E-state index contributed by atoms with van der Waals surface area (Å²) in [5, 5.41) is 31.1. The van der Waals surface area contributed by atoms with Crippen LogP contribution in [0.4, 0.5) is 0 Å². The lowest BCUT2D eigenvalue weighted by Crippen LogP contribution is -2.55. The van der Waals surface area contributed by atoms with E-state index in [1.807, 2.05) is 0 Å². The molecule has 1 heterocycles. The Kier molecular flexibility index (Phi) is 6.34. The molecule has 5 heteroatoms. The Morgan fingerprint density at radius 2 is 2.07 bits per heavy atom. The molecule has 2 aliphatic carbocycles. The summed E-state index contributed by atoms with van der Waals surface area (Å²) in [5.41, 5.74) is -0.756. The van der Waals surface area contributed by atoms with Gasteiger partial charge in [0, 0.05) is 12.3 Å². The van der Waals surface area contributed by atoms with E-state index in [4.69, 9.17) is 4.74 Å². The molecule has 0 radical (unpaired) electrons. The van der Waals surface area contributed by atoms with Crippen LogP contribution in [0.3, 0.4) is 0 Å². The molecule has 5 nitrogen and oxygen atoms in total. The lowest BCUT2D eigenvalue weighted by molar-refractivity contribution is -0.183. The van der Waals surface area contributed by atoms with Crippen LogP contribution in [0.1, 0.15) is 71.6 Å². The number of ether oxygens (including phenoxy) is 1. The van der Waals surface area contributed by atoms with E-state index in [1.54, 1.807) is 0 Å². The number of carbonyl (C=O) groups is 1. The average molecular weight is 381 g/mol. The molecule has 0 aromatic carbocycles. The molecule has 5 unspecified atom stereocenters. The topological polar surface area (TPSA) is 90.3 Å². The Balaban J connectivity index is 1.56. The normalized spacial score (nSPS) is 39.3. The van der Waals surface area contributed by atoms with Crippen LogP contribution < -0.4 is 0 Å². The van der Waals surface area contributed by atoms with Gasteiger partial charge in [-0.2, -0.15) is 0 Å². The zero-order valence-electron chi connectivity index (χ0n) is 16.8. The fraction of sp³-hybridized carbons (Fsp3) is 0.864. The van der Waals surface area contributed by atoms with Crippen molar-refractivity contribution in [2.75, 3.05) is 0 Å². The standard InChI is InChI=1S/C22H36O5/c1-4-5-15-8-7-14(3)17(15)11-18-19(27-18)12-20(23)22(26,21(24)25)16-9-6-13(2)10-16/h13,15-20,23,26H,3-12H2,1-2H3,(H,24,25)/t13?,15-,16?,17-,18+,19?,20?,22?/m0/s1. The van der Waals surface area contributed by atoms with Gasteiger partial charge in [0.2, 0.25) is 0 Å². The highest BCUT2D eigenvalue weighted by atomic mass is 16.6. The molecular formula is C22H36O5. The third-order valence-electron chi connectivity index (χ3n) is 7.39. The average Bonchev–Trinajstić information content (AvgIpc) is 3.02. The van der Waals surface area contributed by atoms with Gasteiger partial charge >= 0.3 is 5.97 Å². The Morgan fingerprint density at radius 1 is 1.33 bits per heavy atom. The van der Waals surface area contributed by atoms with Crippen molar-refractivity contribution in [2.24, 2.45) is 23.7 Å². The zero-order chi connectivity index (χ0) is 19.8. The summed E-state index contributed by atoms with van der Waals surface area (Å²) in [6, 6.07) is 0. The molecule has 27 heavy (non-hydrogen) atoms. The highest BCUT2D eigenvalue weighted by molar-refractivity contribution is 5.78. The van der Waals surface area contributed by atoms with Crippen LogP contribution >= 0.6 is 0 Å². The first-order chi connectivity index (χ1) is 12.8. The second kappa shape index (κ2) is 8.22. The quantitative estimate of drug-likeness (QED) is 0.420. The van der Waals surface area contributed by atoms with E-state index in [0.29, 0.717) is 30.6 Å². The van der Waals surface area contributed by atoms with Crippen molar-refractivity contribution >= 4 is 5.97 Å². The van der Waals surface area contributed by atoms with Crippen molar-refractivity contribution in [3.8, 4) is 0 Å². The van der Waals surface area contributed by atoms with E-state index in [2.05, 4.69) is 20.4 Å². The fourth-order valence-electron chi connectivity index (χ4n) is 5.61. The van der Waals surface area contributed by atoms with Crippen LogP contribution in [-0.2, 0) is 9.53 Å². The number of carboxylic acid groups (broad SMARTS) is 1. The first-order valence-corrected chi connectivity index (χ1v) is 10.7. The molecule has 0 aromatic heterocycles. The Morgan fingerprint density at radius 3 is 2.67 bits per heavy atom. The molecule has 0 amide bonds. The van der Waals surface area contributed by atoms with E-state index in [-0.39, 0.29) is 24.5 Å². The van der Waals surface area contributed by atoms with Crippen LogP contribution in [0.15, 0.2) is 12.2 Å². The van der Waals surface area contributed by atoms with Gasteiger partial charge in [-0.15, -0.1) is 0 Å². The van der Waals surface area contributed by atoms with Crippen LogP contribution in [0.25, 0.3) is 0 Å². The largest absolute Gasteiger partial charge is 0.479 e. The van der Waals surface area contributed by atoms with Crippen molar-refractivity contribution in [1.82, 2.24) is 0 Å². The minimum Gasteiger partial charge on any atom is -0.479 e. The second-order valence-corrected chi connectivity index (χ2v) is 9.30. The van der Waals surface area contributed by atoms with Crippen LogP contribution in [0, 0.1) is 23.7 Å². The highest BCUT2D eigenvalue weighted by Crippen LogP contribution is 2.46. The van der Waals surface area contributed by atoms with Gasteiger partial charge in [0.25, 0.3) is 0 Å². The van der Waals surface area contributed by atoms with Crippen LogP contribution in [0.5, 0.6) is 0 Å². The van der Waals surface area contributed by atoms with Crippen LogP contribution in [-0.4, -0.2) is 45.2 Å². The Hall–Kier alpha value is -0.910. The van der Waals surface area contributed by atoms with E-state index in [9.17, 15) is 20.1 Å². The van der Waals surface area contributed by atoms with Crippen LogP contribution in [0.2, 0.25) is 0 Å². The maximum absolute atomic E-state index is 11.8. The summed E-state index contributed by atoms with van der Waals surface area (Å²) in [4.78, 5) is 11.8. The number of carboxylic acids is 1. The van der Waals surface area contributed by atoms with Gasteiger partial charge < -0.3 is 20.1 Å². The third-order valence-corrected chi connectivity index (χ3v) is 7.39. The highest BCUT2D eigenvalue weighted by Gasteiger charge is 2.55. The predicted molar refractivity (Wildman–Crippen MR) is 103 cm³/mol. The van der Waals surface area contributed by atoms with Gasteiger partial charge in [-0.3, -0.25) is 0 Å². The lowest BCUT2D eigenvalue weighted by Gasteiger charge is -2.34. The lowest BCUT2D eigenvalue weighted by atomic mass is 9.78. The molecule has 3 N–H and O–H groups in total. The molecule has 3 rings (SSSR count). The summed E-state index contributed by atoms with van der Waals surface area (Å²) in [7, 11) is 0. The van der Waals surface area contributed by atoms with Gasteiger partial charge in [-0.25, -0.2) is 4.79 Å². The van der Waals surface area contributed by atoms with Crippen molar-refractivity contribution in [2.45, 2.75) is 95.5 Å². The van der Waals surface area contributed by atoms with E-state index in [0.717, 1.165) is 19.3 Å². The molecule has 3 aliphatic rings. The number of epoxide rings is 1. The minimum absolute atomic E-state index is 0.0550. The molecular weight excluding hydrogens is 344 g/mol. The molecule has 2 saturated carbocycles. The number of hydrogen-bond acceptors (Lipinski definition) is 4. The van der Waals surface area contributed by atoms with E-state index in [1.165, 1.54) is 24.8 Å². The number of aliphatic carboxylic acids is 1. The minimum atomic E-state index is -2.07. The van der Waals surface area contributed by atoms with Gasteiger partial charge in [0.15, 0.2) is 5.60 Å². The third kappa shape index (κ3) is 4.25. The fourth-order valence-corrected chi connectivity index (χ4v) is 5.61.